The minimum atomic E-state index is -0.607. The monoisotopic (exact) mass is 348 g/mol. The molecule has 1 aromatic carbocycles. The van der Waals surface area contributed by atoms with E-state index >= 15 is 0 Å². The molecule has 128 valence electrons. The molecule has 1 atom stereocenters. The van der Waals surface area contributed by atoms with Crippen molar-refractivity contribution in [2.75, 3.05) is 11.9 Å². The van der Waals surface area contributed by atoms with Crippen LogP contribution < -0.4 is 10.1 Å². The van der Waals surface area contributed by atoms with Gasteiger partial charge in [0.05, 0.1) is 18.7 Å². The summed E-state index contributed by atoms with van der Waals surface area (Å²) in [6.45, 7) is 3.96. The quantitative estimate of drug-likeness (QED) is 0.742. The highest BCUT2D eigenvalue weighted by molar-refractivity contribution is 7.13. The molecule has 0 aliphatic heterocycles. The standard InChI is InChI=1S/C17H20N2O4S/c1-3-14(23-13-8-6-5-7-9-13)16(21)19-17-18-12(11-24-17)10-15(20)22-4-2/h5-9,11,14H,3-4,10H2,1-2H3,(H,18,19,21)/t14-/m1/s1. The fourth-order valence-corrected chi connectivity index (χ4v) is 2.69. The van der Waals surface area contributed by atoms with Gasteiger partial charge in [-0.05, 0) is 25.5 Å². The predicted molar refractivity (Wildman–Crippen MR) is 92.2 cm³/mol. The van der Waals surface area contributed by atoms with E-state index in [0.29, 0.717) is 29.6 Å². The Bertz CT molecular complexity index is 672. The number of hydrogen-bond donors (Lipinski definition) is 1. The number of nitrogens with one attached hydrogen (secondary N) is 1. The smallest absolute Gasteiger partial charge is 0.311 e. The number of benzene rings is 1. The summed E-state index contributed by atoms with van der Waals surface area (Å²) in [4.78, 5) is 28.0. The first-order valence-electron chi connectivity index (χ1n) is 7.75. The summed E-state index contributed by atoms with van der Waals surface area (Å²) in [6.07, 6.45) is 0.0181. The topological polar surface area (TPSA) is 77.5 Å². The van der Waals surface area contributed by atoms with Gasteiger partial charge in [-0.2, -0.15) is 0 Å². The summed E-state index contributed by atoms with van der Waals surface area (Å²) in [6, 6.07) is 9.19. The highest BCUT2D eigenvalue weighted by atomic mass is 32.1. The molecule has 2 rings (SSSR count). The normalized spacial score (nSPS) is 11.6. The number of amides is 1. The lowest BCUT2D eigenvalue weighted by molar-refractivity contribution is -0.142. The molecule has 2 aromatic rings. The number of hydrogen-bond acceptors (Lipinski definition) is 6. The molecule has 0 aliphatic rings. The molecule has 1 aromatic heterocycles. The molecular formula is C17H20N2O4S. The molecule has 1 N–H and O–H groups in total. The van der Waals surface area contributed by atoms with E-state index in [1.165, 1.54) is 11.3 Å². The molecule has 6 nitrogen and oxygen atoms in total. The third-order valence-corrected chi connectivity index (χ3v) is 3.90. The molecule has 0 saturated heterocycles. The van der Waals surface area contributed by atoms with Crippen LogP contribution in [0.2, 0.25) is 0 Å². The fraction of sp³-hybridized carbons (Fsp3) is 0.353. The number of aromatic nitrogens is 1. The molecule has 0 fully saturated rings. The van der Waals surface area contributed by atoms with Crippen molar-refractivity contribution in [3.63, 3.8) is 0 Å². The number of esters is 1. The largest absolute Gasteiger partial charge is 0.481 e. The van der Waals surface area contributed by atoms with Gasteiger partial charge in [-0.25, -0.2) is 4.98 Å². The second kappa shape index (κ2) is 9.02. The zero-order chi connectivity index (χ0) is 17.4. The zero-order valence-corrected chi connectivity index (χ0v) is 14.5. The predicted octanol–water partition coefficient (Wildman–Crippen LogP) is 3.04. The number of thiazole rings is 1. The molecule has 0 bridgehead atoms. The van der Waals surface area contributed by atoms with Gasteiger partial charge in [0.1, 0.15) is 5.75 Å². The van der Waals surface area contributed by atoms with Crippen LogP contribution in [0.1, 0.15) is 26.0 Å². The maximum absolute atomic E-state index is 12.3. The summed E-state index contributed by atoms with van der Waals surface area (Å²) in [7, 11) is 0. The van der Waals surface area contributed by atoms with E-state index in [-0.39, 0.29) is 18.3 Å². The Balaban J connectivity index is 1.93. The van der Waals surface area contributed by atoms with E-state index in [0.717, 1.165) is 0 Å². The van der Waals surface area contributed by atoms with Gasteiger partial charge in [-0.15, -0.1) is 11.3 Å². The minimum absolute atomic E-state index is 0.0952. The van der Waals surface area contributed by atoms with Gasteiger partial charge >= 0.3 is 5.97 Å². The number of ether oxygens (including phenoxy) is 2. The average Bonchev–Trinajstić information content (AvgIpc) is 3.00. The Morgan fingerprint density at radius 1 is 1.25 bits per heavy atom. The highest BCUT2D eigenvalue weighted by Crippen LogP contribution is 2.18. The van der Waals surface area contributed by atoms with Crippen LogP contribution in [0.4, 0.5) is 5.13 Å². The molecule has 1 heterocycles. The third kappa shape index (κ3) is 5.34. The van der Waals surface area contributed by atoms with Crippen molar-refractivity contribution in [1.29, 1.82) is 0 Å². The molecular weight excluding hydrogens is 328 g/mol. The van der Waals surface area contributed by atoms with Crippen molar-refractivity contribution in [2.24, 2.45) is 0 Å². The summed E-state index contributed by atoms with van der Waals surface area (Å²) in [5.74, 6) is 0.0412. The van der Waals surface area contributed by atoms with E-state index in [4.69, 9.17) is 9.47 Å². The summed E-state index contributed by atoms with van der Waals surface area (Å²) >= 11 is 1.27. The molecule has 7 heteroatoms. The molecule has 0 spiro atoms. The van der Waals surface area contributed by atoms with Crippen molar-refractivity contribution in [3.8, 4) is 5.75 Å². The highest BCUT2D eigenvalue weighted by Gasteiger charge is 2.20. The molecule has 0 aliphatic carbocycles. The molecule has 0 saturated carbocycles. The van der Waals surface area contributed by atoms with Crippen molar-refractivity contribution >= 4 is 28.3 Å². The van der Waals surface area contributed by atoms with Crippen LogP contribution in [-0.2, 0) is 20.7 Å². The van der Waals surface area contributed by atoms with E-state index in [1.54, 1.807) is 24.4 Å². The number of carbonyl (C=O) groups is 2. The molecule has 24 heavy (non-hydrogen) atoms. The zero-order valence-electron chi connectivity index (χ0n) is 13.7. The average molecular weight is 348 g/mol. The lowest BCUT2D eigenvalue weighted by atomic mass is 10.2. The van der Waals surface area contributed by atoms with Crippen molar-refractivity contribution in [1.82, 2.24) is 4.98 Å². The van der Waals surface area contributed by atoms with Crippen LogP contribution >= 0.6 is 11.3 Å². The SMILES string of the molecule is CCOC(=O)Cc1csc(NC(=O)[C@@H](CC)Oc2ccccc2)n1. The van der Waals surface area contributed by atoms with Crippen molar-refractivity contribution in [3.05, 3.63) is 41.4 Å². The van der Waals surface area contributed by atoms with Gasteiger partial charge < -0.3 is 9.47 Å². The van der Waals surface area contributed by atoms with Crippen molar-refractivity contribution < 1.29 is 19.1 Å². The van der Waals surface area contributed by atoms with Crippen LogP contribution in [0.5, 0.6) is 5.75 Å². The van der Waals surface area contributed by atoms with Gasteiger partial charge in [0.25, 0.3) is 5.91 Å². The number of carbonyl (C=O) groups excluding carboxylic acids is 2. The molecule has 1 amide bonds. The van der Waals surface area contributed by atoms with Crippen LogP contribution in [-0.4, -0.2) is 29.6 Å². The van der Waals surface area contributed by atoms with Crippen LogP contribution in [0.15, 0.2) is 35.7 Å². The Morgan fingerprint density at radius 3 is 2.67 bits per heavy atom. The van der Waals surface area contributed by atoms with Gasteiger partial charge in [-0.3, -0.25) is 14.9 Å². The first-order valence-corrected chi connectivity index (χ1v) is 8.63. The number of nitrogens with zero attached hydrogens (tertiary/aromatic N) is 1. The van der Waals surface area contributed by atoms with Crippen LogP contribution in [0.25, 0.3) is 0 Å². The minimum Gasteiger partial charge on any atom is -0.481 e. The fourth-order valence-electron chi connectivity index (χ4n) is 1.98. The van der Waals surface area contributed by atoms with E-state index in [2.05, 4.69) is 10.3 Å². The number of rotatable bonds is 8. The number of para-hydroxylation sites is 1. The Morgan fingerprint density at radius 2 is 2.00 bits per heavy atom. The summed E-state index contributed by atoms with van der Waals surface area (Å²) in [5.41, 5.74) is 0.575. The number of anilines is 1. The Labute approximate surface area is 144 Å². The Hall–Kier alpha value is -2.41. The van der Waals surface area contributed by atoms with E-state index in [9.17, 15) is 9.59 Å². The van der Waals surface area contributed by atoms with Crippen LogP contribution in [0.3, 0.4) is 0 Å². The Kier molecular flexibility index (Phi) is 6.74. The summed E-state index contributed by atoms with van der Waals surface area (Å²) < 4.78 is 10.6. The second-order valence-electron chi connectivity index (χ2n) is 4.94. The molecule has 0 unspecified atom stereocenters. The maximum Gasteiger partial charge on any atom is 0.311 e. The third-order valence-electron chi connectivity index (χ3n) is 3.10. The molecule has 0 radical (unpaired) electrons. The van der Waals surface area contributed by atoms with Gasteiger partial charge in [0.15, 0.2) is 11.2 Å². The van der Waals surface area contributed by atoms with Crippen LogP contribution in [0, 0.1) is 0 Å². The van der Waals surface area contributed by atoms with E-state index < -0.39 is 6.10 Å². The van der Waals surface area contributed by atoms with E-state index in [1.807, 2.05) is 25.1 Å². The first-order chi connectivity index (χ1) is 11.6. The second-order valence-corrected chi connectivity index (χ2v) is 5.80. The van der Waals surface area contributed by atoms with Gasteiger partial charge in [0, 0.05) is 5.38 Å². The van der Waals surface area contributed by atoms with Gasteiger partial charge in [-0.1, -0.05) is 25.1 Å². The first kappa shape index (κ1) is 17.9. The summed E-state index contributed by atoms with van der Waals surface area (Å²) in [5, 5.41) is 4.90. The van der Waals surface area contributed by atoms with Gasteiger partial charge in [0.2, 0.25) is 0 Å². The maximum atomic E-state index is 12.3. The van der Waals surface area contributed by atoms with Crippen molar-refractivity contribution in [2.45, 2.75) is 32.8 Å². The lowest BCUT2D eigenvalue weighted by Crippen LogP contribution is -2.32. The lowest BCUT2D eigenvalue weighted by Gasteiger charge is -2.16.